The monoisotopic (exact) mass is 160 g/mol. The Morgan fingerprint density at radius 2 is 2.00 bits per heavy atom. The molecule has 0 aromatic rings. The highest BCUT2D eigenvalue weighted by Crippen LogP contribution is 2.03. The van der Waals surface area contributed by atoms with Crippen LogP contribution in [-0.4, -0.2) is 23.9 Å². The van der Waals surface area contributed by atoms with Gasteiger partial charge >= 0.3 is 0 Å². The Morgan fingerprint density at radius 1 is 1.36 bits per heavy atom. The quantitative estimate of drug-likeness (QED) is 0.643. The van der Waals surface area contributed by atoms with Gasteiger partial charge in [-0.1, -0.05) is 19.8 Å². The minimum atomic E-state index is -0.334. The van der Waals surface area contributed by atoms with Gasteiger partial charge < -0.3 is 9.84 Å². The number of aliphatic hydroxyl groups is 1. The molecule has 0 aliphatic carbocycles. The summed E-state index contributed by atoms with van der Waals surface area (Å²) in [5.41, 5.74) is 0. The molecule has 0 spiro atoms. The maximum atomic E-state index is 8.90. The van der Waals surface area contributed by atoms with E-state index >= 15 is 0 Å². The van der Waals surface area contributed by atoms with E-state index in [-0.39, 0.29) is 6.10 Å². The molecule has 2 heteroatoms. The molecule has 0 bridgehead atoms. The van der Waals surface area contributed by atoms with Crippen LogP contribution in [0.15, 0.2) is 0 Å². The Hall–Kier alpha value is -0.0800. The van der Waals surface area contributed by atoms with E-state index in [1.165, 1.54) is 12.8 Å². The molecule has 0 aliphatic rings. The fourth-order valence-electron chi connectivity index (χ4n) is 0.878. The van der Waals surface area contributed by atoms with Crippen LogP contribution in [0.4, 0.5) is 0 Å². The van der Waals surface area contributed by atoms with Crippen molar-refractivity contribution in [2.45, 2.75) is 52.2 Å². The van der Waals surface area contributed by atoms with Crippen molar-refractivity contribution in [3.8, 4) is 0 Å². The Morgan fingerprint density at radius 3 is 2.45 bits per heavy atom. The van der Waals surface area contributed by atoms with Gasteiger partial charge in [0.15, 0.2) is 0 Å². The summed E-state index contributed by atoms with van der Waals surface area (Å²) in [5.74, 6) is 0. The van der Waals surface area contributed by atoms with Gasteiger partial charge in [0.25, 0.3) is 0 Å². The van der Waals surface area contributed by atoms with E-state index in [2.05, 4.69) is 13.8 Å². The third-order valence-corrected chi connectivity index (χ3v) is 1.59. The van der Waals surface area contributed by atoms with Crippen LogP contribution in [-0.2, 0) is 4.74 Å². The second kappa shape index (κ2) is 6.62. The molecule has 2 atom stereocenters. The SMILES string of the molecule is CCCCC(C)OCC(C)O. The molecule has 0 saturated carbocycles. The van der Waals surface area contributed by atoms with Crippen molar-refractivity contribution in [3.05, 3.63) is 0 Å². The lowest BCUT2D eigenvalue weighted by Gasteiger charge is -2.13. The highest BCUT2D eigenvalue weighted by atomic mass is 16.5. The molecule has 1 N–H and O–H groups in total. The number of unbranched alkanes of at least 4 members (excludes halogenated alkanes) is 1. The zero-order valence-electron chi connectivity index (χ0n) is 7.84. The van der Waals surface area contributed by atoms with Crippen molar-refractivity contribution in [3.63, 3.8) is 0 Å². The van der Waals surface area contributed by atoms with E-state index in [1.54, 1.807) is 6.92 Å². The van der Waals surface area contributed by atoms with E-state index in [0.717, 1.165) is 6.42 Å². The lowest BCUT2D eigenvalue weighted by molar-refractivity contribution is 0.00140. The molecule has 0 aromatic heterocycles. The molecule has 0 fully saturated rings. The fourth-order valence-corrected chi connectivity index (χ4v) is 0.878. The van der Waals surface area contributed by atoms with Gasteiger partial charge in [0.2, 0.25) is 0 Å². The summed E-state index contributed by atoms with van der Waals surface area (Å²) in [6.07, 6.45) is 3.48. The van der Waals surface area contributed by atoms with Crippen molar-refractivity contribution in [2.75, 3.05) is 6.61 Å². The largest absolute Gasteiger partial charge is 0.391 e. The topological polar surface area (TPSA) is 29.5 Å². The van der Waals surface area contributed by atoms with Crippen LogP contribution in [0.25, 0.3) is 0 Å². The van der Waals surface area contributed by atoms with Crippen molar-refractivity contribution >= 4 is 0 Å². The molecular weight excluding hydrogens is 140 g/mol. The molecular formula is C9H20O2. The highest BCUT2D eigenvalue weighted by molar-refractivity contribution is 4.51. The zero-order chi connectivity index (χ0) is 8.69. The van der Waals surface area contributed by atoms with Crippen molar-refractivity contribution in [1.82, 2.24) is 0 Å². The average molecular weight is 160 g/mol. The number of hydrogen-bond acceptors (Lipinski definition) is 2. The van der Waals surface area contributed by atoms with E-state index in [0.29, 0.717) is 12.7 Å². The number of aliphatic hydroxyl groups excluding tert-OH is 1. The second-order valence-corrected chi connectivity index (χ2v) is 3.14. The summed E-state index contributed by atoms with van der Waals surface area (Å²) in [6, 6.07) is 0. The van der Waals surface area contributed by atoms with Gasteiger partial charge in [-0.15, -0.1) is 0 Å². The first-order valence-electron chi connectivity index (χ1n) is 4.46. The number of rotatable bonds is 6. The summed E-state index contributed by atoms with van der Waals surface area (Å²) in [4.78, 5) is 0. The van der Waals surface area contributed by atoms with Gasteiger partial charge in [-0.05, 0) is 20.3 Å². The van der Waals surface area contributed by atoms with Crippen LogP contribution in [0, 0.1) is 0 Å². The van der Waals surface area contributed by atoms with Crippen molar-refractivity contribution < 1.29 is 9.84 Å². The minimum Gasteiger partial charge on any atom is -0.391 e. The lowest BCUT2D eigenvalue weighted by atomic mass is 10.2. The lowest BCUT2D eigenvalue weighted by Crippen LogP contribution is -2.16. The predicted octanol–water partition coefficient (Wildman–Crippen LogP) is 1.96. The summed E-state index contributed by atoms with van der Waals surface area (Å²) in [5, 5.41) is 8.90. The summed E-state index contributed by atoms with van der Waals surface area (Å²) in [6.45, 7) is 6.43. The van der Waals surface area contributed by atoms with Crippen LogP contribution in [0.5, 0.6) is 0 Å². The standard InChI is InChI=1S/C9H20O2/c1-4-5-6-9(3)11-7-8(2)10/h8-10H,4-7H2,1-3H3. The van der Waals surface area contributed by atoms with Crippen LogP contribution < -0.4 is 0 Å². The molecule has 0 amide bonds. The van der Waals surface area contributed by atoms with Gasteiger partial charge in [0.1, 0.15) is 0 Å². The molecule has 0 rings (SSSR count). The Balaban J connectivity index is 3.15. The molecule has 0 aromatic carbocycles. The first kappa shape index (κ1) is 10.9. The fraction of sp³-hybridized carbons (Fsp3) is 1.00. The van der Waals surface area contributed by atoms with E-state index in [9.17, 15) is 0 Å². The highest BCUT2D eigenvalue weighted by Gasteiger charge is 2.02. The minimum absolute atomic E-state index is 0.296. The van der Waals surface area contributed by atoms with E-state index in [4.69, 9.17) is 9.84 Å². The number of ether oxygens (including phenoxy) is 1. The number of hydrogen-bond donors (Lipinski definition) is 1. The van der Waals surface area contributed by atoms with Crippen molar-refractivity contribution in [1.29, 1.82) is 0 Å². The van der Waals surface area contributed by atoms with Crippen LogP contribution in [0.1, 0.15) is 40.0 Å². The smallest absolute Gasteiger partial charge is 0.0745 e. The molecule has 0 radical (unpaired) electrons. The molecule has 0 saturated heterocycles. The van der Waals surface area contributed by atoms with E-state index < -0.39 is 0 Å². The molecule has 0 heterocycles. The Labute approximate surface area is 69.6 Å². The first-order valence-corrected chi connectivity index (χ1v) is 4.46. The molecule has 2 unspecified atom stereocenters. The summed E-state index contributed by atoms with van der Waals surface area (Å²) < 4.78 is 5.36. The van der Waals surface area contributed by atoms with Gasteiger partial charge in [-0.2, -0.15) is 0 Å². The average Bonchev–Trinajstić information content (AvgIpc) is 1.97. The van der Waals surface area contributed by atoms with Gasteiger partial charge in [0, 0.05) is 0 Å². The Bertz CT molecular complexity index is 81.6. The summed E-state index contributed by atoms with van der Waals surface area (Å²) in [7, 11) is 0. The van der Waals surface area contributed by atoms with Crippen LogP contribution >= 0.6 is 0 Å². The van der Waals surface area contributed by atoms with Crippen LogP contribution in [0.3, 0.4) is 0 Å². The van der Waals surface area contributed by atoms with Gasteiger partial charge in [-0.25, -0.2) is 0 Å². The zero-order valence-corrected chi connectivity index (χ0v) is 7.84. The maximum absolute atomic E-state index is 8.90. The third-order valence-electron chi connectivity index (χ3n) is 1.59. The molecule has 0 aliphatic heterocycles. The summed E-state index contributed by atoms with van der Waals surface area (Å²) >= 11 is 0. The predicted molar refractivity (Wildman–Crippen MR) is 46.6 cm³/mol. The normalized spacial score (nSPS) is 16.4. The van der Waals surface area contributed by atoms with Crippen LogP contribution in [0.2, 0.25) is 0 Å². The molecule has 2 nitrogen and oxygen atoms in total. The van der Waals surface area contributed by atoms with Crippen molar-refractivity contribution in [2.24, 2.45) is 0 Å². The molecule has 11 heavy (non-hydrogen) atoms. The third kappa shape index (κ3) is 7.82. The molecule has 68 valence electrons. The van der Waals surface area contributed by atoms with E-state index in [1.807, 2.05) is 0 Å². The van der Waals surface area contributed by atoms with Gasteiger partial charge in [0.05, 0.1) is 18.8 Å². The second-order valence-electron chi connectivity index (χ2n) is 3.14. The maximum Gasteiger partial charge on any atom is 0.0745 e. The Kier molecular flexibility index (Phi) is 6.57. The van der Waals surface area contributed by atoms with Gasteiger partial charge in [-0.3, -0.25) is 0 Å². The first-order chi connectivity index (χ1) is 5.16.